The van der Waals surface area contributed by atoms with Crippen LogP contribution in [0.25, 0.3) is 0 Å². The quantitative estimate of drug-likeness (QED) is 0.719. The molecular formula is C15H15F3N8. The van der Waals surface area contributed by atoms with Crippen molar-refractivity contribution in [3.63, 3.8) is 0 Å². The summed E-state index contributed by atoms with van der Waals surface area (Å²) in [5.74, 6) is -0.279. The normalized spacial score (nSPS) is 11.4. The Balaban J connectivity index is 1.76. The Labute approximate surface area is 146 Å². The molecule has 0 bridgehead atoms. The van der Waals surface area contributed by atoms with Gasteiger partial charge in [0.25, 0.3) is 0 Å². The molecule has 0 fully saturated rings. The lowest BCUT2D eigenvalue weighted by Crippen LogP contribution is -2.12. The van der Waals surface area contributed by atoms with Crippen LogP contribution in [0.5, 0.6) is 0 Å². The minimum Gasteiger partial charge on any atom is -0.372 e. The van der Waals surface area contributed by atoms with E-state index in [0.717, 1.165) is 17.5 Å². The summed E-state index contributed by atoms with van der Waals surface area (Å²) in [6, 6.07) is 0. The van der Waals surface area contributed by atoms with Gasteiger partial charge in [0, 0.05) is 25.6 Å². The third kappa shape index (κ3) is 3.87. The Hall–Kier alpha value is -3.24. The van der Waals surface area contributed by atoms with Crippen LogP contribution in [0.15, 0.2) is 31.1 Å². The van der Waals surface area contributed by atoms with E-state index in [9.17, 15) is 13.2 Å². The number of halogens is 3. The van der Waals surface area contributed by atoms with Crippen LogP contribution in [0.2, 0.25) is 0 Å². The first-order valence-electron chi connectivity index (χ1n) is 7.54. The van der Waals surface area contributed by atoms with Gasteiger partial charge in [-0.3, -0.25) is 4.68 Å². The van der Waals surface area contributed by atoms with E-state index in [2.05, 4.69) is 35.7 Å². The zero-order valence-electron chi connectivity index (χ0n) is 13.9. The second-order valence-electron chi connectivity index (χ2n) is 5.41. The smallest absolute Gasteiger partial charge is 0.372 e. The fourth-order valence-corrected chi connectivity index (χ4v) is 2.23. The summed E-state index contributed by atoms with van der Waals surface area (Å²) in [6.07, 6.45) is 2.58. The number of nitrogens with one attached hydrogen (secondary N) is 2. The topological polar surface area (TPSA) is 93.4 Å². The van der Waals surface area contributed by atoms with Crippen LogP contribution < -0.4 is 10.6 Å². The largest absolute Gasteiger partial charge is 0.421 e. The maximum Gasteiger partial charge on any atom is 0.421 e. The molecule has 3 aromatic heterocycles. The zero-order valence-corrected chi connectivity index (χ0v) is 13.9. The molecule has 0 amide bonds. The summed E-state index contributed by atoms with van der Waals surface area (Å²) in [5, 5.41) is 9.45. The fraction of sp³-hybridized carbons (Fsp3) is 0.267. The van der Waals surface area contributed by atoms with Gasteiger partial charge in [-0.15, -0.1) is 0 Å². The van der Waals surface area contributed by atoms with Crippen molar-refractivity contribution >= 4 is 17.5 Å². The van der Waals surface area contributed by atoms with Crippen molar-refractivity contribution < 1.29 is 13.2 Å². The Morgan fingerprint density at radius 1 is 1.15 bits per heavy atom. The molecule has 0 unspecified atom stereocenters. The summed E-state index contributed by atoms with van der Waals surface area (Å²) in [6.45, 7) is 2.33. The molecular weight excluding hydrogens is 349 g/mol. The third-order valence-corrected chi connectivity index (χ3v) is 3.54. The molecule has 0 saturated carbocycles. The highest BCUT2D eigenvalue weighted by atomic mass is 19.4. The van der Waals surface area contributed by atoms with Gasteiger partial charge in [0.1, 0.15) is 17.7 Å². The molecule has 11 heteroatoms. The van der Waals surface area contributed by atoms with Crippen molar-refractivity contribution in [1.29, 1.82) is 0 Å². The molecule has 3 rings (SSSR count). The third-order valence-electron chi connectivity index (χ3n) is 3.54. The average molecular weight is 364 g/mol. The standard InChI is InChI=1S/C15H15F3N8/c1-9-3-20-8-22-12(9)7-26-6-10(4-23-26)24-14-21-5-11(15(16,17)18)13(19-2)25-14/h3-6,8H,7H2,1-2H3,(H2,19,21,24,25). The molecule has 0 aliphatic heterocycles. The lowest BCUT2D eigenvalue weighted by Gasteiger charge is -2.12. The van der Waals surface area contributed by atoms with Gasteiger partial charge >= 0.3 is 6.18 Å². The first-order valence-corrected chi connectivity index (χ1v) is 7.54. The van der Waals surface area contributed by atoms with Crippen LogP contribution in [-0.4, -0.2) is 36.8 Å². The van der Waals surface area contributed by atoms with Crippen LogP contribution in [-0.2, 0) is 12.7 Å². The van der Waals surface area contributed by atoms with Crippen molar-refractivity contribution in [3.8, 4) is 0 Å². The molecule has 3 aromatic rings. The van der Waals surface area contributed by atoms with Gasteiger partial charge in [0.15, 0.2) is 0 Å². The minimum atomic E-state index is -4.53. The predicted octanol–water partition coefficient (Wildman–Crippen LogP) is 2.62. The van der Waals surface area contributed by atoms with Crippen LogP contribution in [0, 0.1) is 6.92 Å². The van der Waals surface area contributed by atoms with E-state index in [0.29, 0.717) is 12.2 Å². The number of nitrogens with zero attached hydrogens (tertiary/aromatic N) is 6. The number of anilines is 3. The second-order valence-corrected chi connectivity index (χ2v) is 5.41. The molecule has 0 aliphatic rings. The van der Waals surface area contributed by atoms with E-state index >= 15 is 0 Å². The molecule has 0 atom stereocenters. The number of alkyl halides is 3. The highest BCUT2D eigenvalue weighted by Crippen LogP contribution is 2.33. The van der Waals surface area contributed by atoms with E-state index in [-0.39, 0.29) is 11.8 Å². The van der Waals surface area contributed by atoms with E-state index in [4.69, 9.17) is 0 Å². The molecule has 136 valence electrons. The van der Waals surface area contributed by atoms with Crippen LogP contribution in [0.1, 0.15) is 16.8 Å². The summed E-state index contributed by atoms with van der Waals surface area (Å²) in [5.41, 5.74) is 1.36. The van der Waals surface area contributed by atoms with E-state index in [1.54, 1.807) is 17.1 Å². The Morgan fingerprint density at radius 3 is 2.65 bits per heavy atom. The summed E-state index contributed by atoms with van der Waals surface area (Å²) < 4.78 is 40.3. The van der Waals surface area contributed by atoms with Crippen LogP contribution >= 0.6 is 0 Å². The van der Waals surface area contributed by atoms with Crippen molar-refractivity contribution in [1.82, 2.24) is 29.7 Å². The monoisotopic (exact) mass is 364 g/mol. The lowest BCUT2D eigenvalue weighted by atomic mass is 10.2. The molecule has 26 heavy (non-hydrogen) atoms. The summed E-state index contributed by atoms with van der Waals surface area (Å²) >= 11 is 0. The maximum atomic E-state index is 12.9. The number of aryl methyl sites for hydroxylation is 1. The van der Waals surface area contributed by atoms with Crippen LogP contribution in [0.4, 0.5) is 30.6 Å². The first kappa shape index (κ1) is 17.6. The fourth-order valence-electron chi connectivity index (χ4n) is 2.23. The summed E-state index contributed by atoms with van der Waals surface area (Å²) in [7, 11) is 1.36. The van der Waals surface area contributed by atoms with Crippen molar-refractivity contribution in [2.24, 2.45) is 0 Å². The van der Waals surface area contributed by atoms with Crippen molar-refractivity contribution in [2.45, 2.75) is 19.6 Å². The zero-order chi connectivity index (χ0) is 18.7. The van der Waals surface area contributed by atoms with Crippen LogP contribution in [0.3, 0.4) is 0 Å². The van der Waals surface area contributed by atoms with E-state index in [1.165, 1.54) is 19.6 Å². The van der Waals surface area contributed by atoms with E-state index < -0.39 is 11.7 Å². The molecule has 0 aromatic carbocycles. The Bertz CT molecular complexity index is 906. The second kappa shape index (κ2) is 6.94. The predicted molar refractivity (Wildman–Crippen MR) is 88.0 cm³/mol. The lowest BCUT2D eigenvalue weighted by molar-refractivity contribution is -0.137. The molecule has 3 heterocycles. The summed E-state index contributed by atoms with van der Waals surface area (Å²) in [4.78, 5) is 15.7. The van der Waals surface area contributed by atoms with Crippen molar-refractivity contribution in [2.75, 3.05) is 17.7 Å². The number of aromatic nitrogens is 6. The Kier molecular flexibility index (Phi) is 4.69. The van der Waals surface area contributed by atoms with Gasteiger partial charge in [-0.1, -0.05) is 0 Å². The van der Waals surface area contributed by atoms with Gasteiger partial charge in [-0.05, 0) is 12.5 Å². The number of hydrogen-bond donors (Lipinski definition) is 2. The number of hydrogen-bond acceptors (Lipinski definition) is 7. The minimum absolute atomic E-state index is 0.0279. The number of rotatable bonds is 5. The first-order chi connectivity index (χ1) is 12.4. The van der Waals surface area contributed by atoms with Gasteiger partial charge in [-0.25, -0.2) is 15.0 Å². The maximum absolute atomic E-state index is 12.9. The van der Waals surface area contributed by atoms with Gasteiger partial charge in [0.05, 0.1) is 24.1 Å². The highest BCUT2D eigenvalue weighted by molar-refractivity contribution is 5.55. The SMILES string of the molecule is CNc1nc(Nc2cnn(Cc3ncncc3C)c2)ncc1C(F)(F)F. The molecule has 8 nitrogen and oxygen atoms in total. The molecule has 0 saturated heterocycles. The molecule has 0 aliphatic carbocycles. The molecule has 2 N–H and O–H groups in total. The van der Waals surface area contributed by atoms with Gasteiger partial charge in [-0.2, -0.15) is 23.3 Å². The molecule has 0 spiro atoms. The Morgan fingerprint density at radius 2 is 1.96 bits per heavy atom. The molecule has 0 radical (unpaired) electrons. The highest BCUT2D eigenvalue weighted by Gasteiger charge is 2.35. The van der Waals surface area contributed by atoms with E-state index in [1.807, 2.05) is 6.92 Å². The van der Waals surface area contributed by atoms with Gasteiger partial charge in [0.2, 0.25) is 5.95 Å². The van der Waals surface area contributed by atoms with Crippen molar-refractivity contribution in [3.05, 3.63) is 47.9 Å². The average Bonchev–Trinajstić information content (AvgIpc) is 3.03. The van der Waals surface area contributed by atoms with Gasteiger partial charge < -0.3 is 10.6 Å².